The van der Waals surface area contributed by atoms with Gasteiger partial charge in [0.05, 0.1) is 18.2 Å². The van der Waals surface area contributed by atoms with Crippen LogP contribution in [0.3, 0.4) is 0 Å². The zero-order chi connectivity index (χ0) is 12.1. The van der Waals surface area contributed by atoms with Crippen LogP contribution in [0.4, 0.5) is 5.82 Å². The zero-order valence-corrected chi connectivity index (χ0v) is 9.72. The molecule has 0 fully saturated rings. The van der Waals surface area contributed by atoms with E-state index in [1.54, 1.807) is 18.7 Å². The third kappa shape index (κ3) is 2.45. The number of imidazole rings is 1. The van der Waals surface area contributed by atoms with Crippen molar-refractivity contribution < 1.29 is 0 Å². The van der Waals surface area contributed by atoms with Gasteiger partial charge in [-0.15, -0.1) is 11.8 Å². The second kappa shape index (κ2) is 5.17. The van der Waals surface area contributed by atoms with Crippen molar-refractivity contribution in [1.29, 1.82) is 0 Å². The Morgan fingerprint density at radius 3 is 3.12 bits per heavy atom. The molecule has 0 saturated heterocycles. The number of rotatable bonds is 3. The summed E-state index contributed by atoms with van der Waals surface area (Å²) in [6.45, 7) is 2.65. The minimum Gasteiger partial charge on any atom is -0.383 e. The van der Waals surface area contributed by atoms with Crippen LogP contribution in [0.1, 0.15) is 13.3 Å². The zero-order valence-electron chi connectivity index (χ0n) is 9.72. The first-order valence-electron chi connectivity index (χ1n) is 5.43. The molecule has 0 atom stereocenters. The Kier molecular flexibility index (Phi) is 3.41. The Balaban J connectivity index is 2.29. The van der Waals surface area contributed by atoms with Gasteiger partial charge in [-0.2, -0.15) is 0 Å². The molecule has 0 aliphatic carbocycles. The van der Waals surface area contributed by atoms with Crippen LogP contribution in [0.2, 0.25) is 0 Å². The quantitative estimate of drug-likeness (QED) is 0.814. The van der Waals surface area contributed by atoms with E-state index in [9.17, 15) is 0 Å². The number of hydrogen-bond donors (Lipinski definition) is 1. The maximum atomic E-state index is 5.86. The molecule has 2 aromatic rings. The molecule has 17 heavy (non-hydrogen) atoms. The lowest BCUT2D eigenvalue weighted by Gasteiger charge is -2.07. The van der Waals surface area contributed by atoms with Crippen LogP contribution < -0.4 is 5.73 Å². The summed E-state index contributed by atoms with van der Waals surface area (Å²) in [5.74, 6) is 6.44. The molecule has 2 heterocycles. The smallest absolute Gasteiger partial charge is 0.132 e. The van der Waals surface area contributed by atoms with E-state index >= 15 is 0 Å². The van der Waals surface area contributed by atoms with E-state index < -0.39 is 0 Å². The number of aryl methyl sites for hydroxylation is 1. The second-order valence-corrected chi connectivity index (χ2v) is 3.59. The molecule has 0 radical (unpaired) electrons. The molecule has 0 unspecified atom stereocenters. The summed E-state index contributed by atoms with van der Waals surface area (Å²) in [7, 11) is 0. The third-order valence-corrected chi connectivity index (χ3v) is 2.48. The molecule has 4 nitrogen and oxygen atoms in total. The van der Waals surface area contributed by atoms with Crippen molar-refractivity contribution >= 4 is 5.82 Å². The van der Waals surface area contributed by atoms with Gasteiger partial charge in [-0.25, -0.2) is 9.97 Å². The molecule has 0 bridgehead atoms. The summed E-state index contributed by atoms with van der Waals surface area (Å²) in [6, 6.07) is 3.82. The Morgan fingerprint density at radius 2 is 2.35 bits per heavy atom. The van der Waals surface area contributed by atoms with Gasteiger partial charge < -0.3 is 10.3 Å². The monoisotopic (exact) mass is 226 g/mol. The molecule has 4 heteroatoms. The molecule has 0 spiro atoms. The number of nitrogens with two attached hydrogens (primary N) is 1. The first kappa shape index (κ1) is 11.2. The van der Waals surface area contributed by atoms with E-state index in [2.05, 4.69) is 21.8 Å². The number of nitrogens with zero attached hydrogens (tertiary/aromatic N) is 3. The van der Waals surface area contributed by atoms with Crippen molar-refractivity contribution in [2.45, 2.75) is 19.9 Å². The Bertz CT molecular complexity index is 560. The average Bonchev–Trinajstić information content (AvgIpc) is 2.78. The molecule has 86 valence electrons. The molecular weight excluding hydrogens is 212 g/mol. The van der Waals surface area contributed by atoms with Crippen LogP contribution in [0.5, 0.6) is 0 Å². The number of aromatic nitrogens is 3. The van der Waals surface area contributed by atoms with Gasteiger partial charge >= 0.3 is 0 Å². The average molecular weight is 226 g/mol. The van der Waals surface area contributed by atoms with Crippen molar-refractivity contribution in [1.82, 2.24) is 14.5 Å². The van der Waals surface area contributed by atoms with Crippen LogP contribution in [0.25, 0.3) is 11.3 Å². The number of nitrogen functional groups attached to an aromatic ring is 1. The standard InChI is InChI=1S/C13H14N4/c1-2-3-4-8-17-10-15-9-12(17)11-6-5-7-16-13(11)14/h5-7,9-10H,4,8H2,1H3,(H2,14,16). The largest absolute Gasteiger partial charge is 0.383 e. The van der Waals surface area contributed by atoms with Gasteiger partial charge in [0, 0.05) is 24.7 Å². The Hall–Kier alpha value is -2.28. The molecule has 0 amide bonds. The molecular formula is C13H14N4. The van der Waals surface area contributed by atoms with Gasteiger partial charge in [0.2, 0.25) is 0 Å². The first-order chi connectivity index (χ1) is 8.33. The maximum absolute atomic E-state index is 5.86. The summed E-state index contributed by atoms with van der Waals surface area (Å²) in [6.07, 6.45) is 6.08. The van der Waals surface area contributed by atoms with E-state index in [4.69, 9.17) is 5.73 Å². The van der Waals surface area contributed by atoms with Crippen LogP contribution in [-0.2, 0) is 6.54 Å². The van der Waals surface area contributed by atoms with Gasteiger partial charge in [-0.05, 0) is 19.1 Å². The number of pyridine rings is 1. The third-order valence-electron chi connectivity index (χ3n) is 2.48. The fraction of sp³-hybridized carbons (Fsp3) is 0.231. The van der Waals surface area contributed by atoms with Crippen LogP contribution >= 0.6 is 0 Å². The van der Waals surface area contributed by atoms with Crippen molar-refractivity contribution in [2.75, 3.05) is 5.73 Å². The summed E-state index contributed by atoms with van der Waals surface area (Å²) in [4.78, 5) is 8.23. The fourth-order valence-corrected chi connectivity index (χ4v) is 1.66. The van der Waals surface area contributed by atoms with E-state index in [0.717, 1.165) is 24.2 Å². The Labute approximate surface area is 101 Å². The van der Waals surface area contributed by atoms with E-state index in [0.29, 0.717) is 5.82 Å². The van der Waals surface area contributed by atoms with Crippen molar-refractivity contribution in [3.05, 3.63) is 30.9 Å². The number of hydrogen-bond acceptors (Lipinski definition) is 3. The predicted octanol–water partition coefficient (Wildman–Crippen LogP) is 1.94. The van der Waals surface area contributed by atoms with Gasteiger partial charge in [-0.1, -0.05) is 0 Å². The van der Waals surface area contributed by atoms with Gasteiger partial charge in [-0.3, -0.25) is 0 Å². The highest BCUT2D eigenvalue weighted by atomic mass is 15.0. The minimum absolute atomic E-state index is 0.524. The number of anilines is 1. The van der Waals surface area contributed by atoms with Crippen molar-refractivity contribution in [2.24, 2.45) is 0 Å². The van der Waals surface area contributed by atoms with E-state index in [-0.39, 0.29) is 0 Å². The molecule has 2 N–H and O–H groups in total. The highest BCUT2D eigenvalue weighted by Crippen LogP contribution is 2.23. The molecule has 0 aliphatic rings. The lowest BCUT2D eigenvalue weighted by atomic mass is 10.2. The maximum Gasteiger partial charge on any atom is 0.132 e. The summed E-state index contributed by atoms with van der Waals surface area (Å²) >= 11 is 0. The molecule has 2 aromatic heterocycles. The molecule has 0 aromatic carbocycles. The highest BCUT2D eigenvalue weighted by Gasteiger charge is 2.07. The molecule has 0 saturated carbocycles. The van der Waals surface area contributed by atoms with Crippen molar-refractivity contribution in [3.63, 3.8) is 0 Å². The molecule has 0 aliphatic heterocycles. The van der Waals surface area contributed by atoms with Crippen LogP contribution in [0, 0.1) is 11.8 Å². The SMILES string of the molecule is CC#CCCn1cncc1-c1cccnc1N. The van der Waals surface area contributed by atoms with E-state index in [1.165, 1.54) is 0 Å². The highest BCUT2D eigenvalue weighted by molar-refractivity contribution is 5.70. The van der Waals surface area contributed by atoms with Gasteiger partial charge in [0.25, 0.3) is 0 Å². The Morgan fingerprint density at radius 1 is 1.47 bits per heavy atom. The normalized spacial score (nSPS) is 9.71. The van der Waals surface area contributed by atoms with E-state index in [1.807, 2.05) is 23.6 Å². The molecule has 2 rings (SSSR count). The first-order valence-corrected chi connectivity index (χ1v) is 5.43. The van der Waals surface area contributed by atoms with Crippen LogP contribution in [-0.4, -0.2) is 14.5 Å². The second-order valence-electron chi connectivity index (χ2n) is 3.59. The minimum atomic E-state index is 0.524. The lowest BCUT2D eigenvalue weighted by Crippen LogP contribution is -2.01. The summed E-state index contributed by atoms with van der Waals surface area (Å²) in [5, 5.41) is 0. The summed E-state index contributed by atoms with van der Waals surface area (Å²) < 4.78 is 2.04. The summed E-state index contributed by atoms with van der Waals surface area (Å²) in [5.41, 5.74) is 7.75. The van der Waals surface area contributed by atoms with Crippen LogP contribution in [0.15, 0.2) is 30.9 Å². The fourth-order valence-electron chi connectivity index (χ4n) is 1.66. The van der Waals surface area contributed by atoms with Crippen molar-refractivity contribution in [3.8, 4) is 23.1 Å². The topological polar surface area (TPSA) is 56.7 Å². The lowest BCUT2D eigenvalue weighted by molar-refractivity contribution is 0.725. The van der Waals surface area contributed by atoms with Gasteiger partial charge in [0.1, 0.15) is 5.82 Å². The predicted molar refractivity (Wildman–Crippen MR) is 67.9 cm³/mol. The van der Waals surface area contributed by atoms with Gasteiger partial charge in [0.15, 0.2) is 0 Å².